The predicted molar refractivity (Wildman–Crippen MR) is 101 cm³/mol. The molecule has 1 amide bonds. The minimum Gasteiger partial charge on any atom is -0.379 e. The lowest BCUT2D eigenvalue weighted by Gasteiger charge is -2.44. The van der Waals surface area contributed by atoms with Crippen molar-refractivity contribution < 1.29 is 9.90 Å². The van der Waals surface area contributed by atoms with Crippen LogP contribution in [0.2, 0.25) is 0 Å². The number of nitrogens with zero attached hydrogens (tertiary/aromatic N) is 1. The molecule has 1 saturated heterocycles. The molecule has 0 bridgehead atoms. The second-order valence-corrected chi connectivity index (χ2v) is 8.65. The number of hydrogen-bond acceptors (Lipinski definition) is 3. The molecule has 25 heavy (non-hydrogen) atoms. The zero-order valence-electron chi connectivity index (χ0n) is 16.0. The van der Waals surface area contributed by atoms with Gasteiger partial charge in [-0.05, 0) is 63.5 Å². The second kappa shape index (κ2) is 9.36. The molecule has 3 aliphatic rings. The van der Waals surface area contributed by atoms with E-state index in [1.165, 1.54) is 57.8 Å². The molecule has 0 atom stereocenters. The van der Waals surface area contributed by atoms with Crippen molar-refractivity contribution in [3.05, 3.63) is 0 Å². The number of likely N-dealkylation sites (tertiary alicyclic amines) is 1. The molecule has 4 heteroatoms. The van der Waals surface area contributed by atoms with E-state index in [4.69, 9.17) is 0 Å². The molecule has 0 spiro atoms. The Hall–Kier alpha value is -0.610. The van der Waals surface area contributed by atoms with E-state index in [1.54, 1.807) is 0 Å². The molecule has 0 unspecified atom stereocenters. The fourth-order valence-corrected chi connectivity index (χ4v) is 5.44. The van der Waals surface area contributed by atoms with E-state index in [2.05, 4.69) is 10.2 Å². The summed E-state index contributed by atoms with van der Waals surface area (Å²) in [5.41, 5.74) is -1.12. The van der Waals surface area contributed by atoms with Gasteiger partial charge in [-0.2, -0.15) is 0 Å². The number of piperidine rings is 1. The Morgan fingerprint density at radius 1 is 0.840 bits per heavy atom. The maximum atomic E-state index is 13.1. The largest absolute Gasteiger partial charge is 0.379 e. The highest BCUT2D eigenvalue weighted by Crippen LogP contribution is 2.43. The van der Waals surface area contributed by atoms with Crippen LogP contribution >= 0.6 is 0 Å². The fourth-order valence-electron chi connectivity index (χ4n) is 5.44. The van der Waals surface area contributed by atoms with Crippen LogP contribution in [0.4, 0.5) is 0 Å². The minimum atomic E-state index is -1.12. The van der Waals surface area contributed by atoms with Crippen LogP contribution in [0.25, 0.3) is 0 Å². The molecule has 0 aromatic heterocycles. The molecule has 0 aromatic carbocycles. The number of amides is 1. The second-order valence-electron chi connectivity index (χ2n) is 8.65. The summed E-state index contributed by atoms with van der Waals surface area (Å²) >= 11 is 0. The fraction of sp³-hybridized carbons (Fsp3) is 0.952. The normalized spacial score (nSPS) is 25.0. The molecule has 144 valence electrons. The number of hydrogen-bond donors (Lipinski definition) is 2. The van der Waals surface area contributed by atoms with Crippen molar-refractivity contribution >= 4 is 5.91 Å². The van der Waals surface area contributed by atoms with E-state index in [-0.39, 0.29) is 17.7 Å². The van der Waals surface area contributed by atoms with Crippen LogP contribution in [0.5, 0.6) is 0 Å². The first-order valence-electron chi connectivity index (χ1n) is 10.9. The molecule has 2 saturated carbocycles. The van der Waals surface area contributed by atoms with Crippen LogP contribution in [0, 0.1) is 11.8 Å². The SMILES string of the molecule is O=C(NCCN1CCCCC1)C(O)(C1CCCCC1)C1CCCCC1. The molecule has 0 radical (unpaired) electrons. The first-order valence-corrected chi connectivity index (χ1v) is 10.9. The van der Waals surface area contributed by atoms with Gasteiger partial charge in [0, 0.05) is 13.1 Å². The highest BCUT2D eigenvalue weighted by Gasteiger charge is 2.49. The molecule has 2 aliphatic carbocycles. The summed E-state index contributed by atoms with van der Waals surface area (Å²) in [6.45, 7) is 3.93. The third-order valence-electron chi connectivity index (χ3n) is 6.98. The highest BCUT2D eigenvalue weighted by molar-refractivity contribution is 5.85. The average molecular weight is 351 g/mol. The van der Waals surface area contributed by atoms with E-state index in [0.717, 1.165) is 45.3 Å². The number of rotatable bonds is 6. The van der Waals surface area contributed by atoms with Gasteiger partial charge in [-0.3, -0.25) is 4.79 Å². The third kappa shape index (κ3) is 4.77. The van der Waals surface area contributed by atoms with Crippen molar-refractivity contribution in [3.8, 4) is 0 Å². The van der Waals surface area contributed by atoms with Crippen molar-refractivity contribution in [2.75, 3.05) is 26.2 Å². The number of carbonyl (C=O) groups is 1. The van der Waals surface area contributed by atoms with Crippen LogP contribution in [-0.4, -0.2) is 47.7 Å². The van der Waals surface area contributed by atoms with Crippen molar-refractivity contribution in [3.63, 3.8) is 0 Å². The molecule has 4 nitrogen and oxygen atoms in total. The molecule has 1 aliphatic heterocycles. The zero-order valence-corrected chi connectivity index (χ0v) is 16.0. The summed E-state index contributed by atoms with van der Waals surface area (Å²) in [6.07, 6.45) is 15.2. The van der Waals surface area contributed by atoms with E-state index < -0.39 is 5.60 Å². The van der Waals surface area contributed by atoms with E-state index >= 15 is 0 Å². The van der Waals surface area contributed by atoms with Gasteiger partial charge in [0.05, 0.1) is 0 Å². The van der Waals surface area contributed by atoms with Gasteiger partial charge in [-0.1, -0.05) is 44.9 Å². The monoisotopic (exact) mass is 350 g/mol. The summed E-state index contributed by atoms with van der Waals surface area (Å²) in [6, 6.07) is 0. The van der Waals surface area contributed by atoms with E-state index in [0.29, 0.717) is 6.54 Å². The number of carbonyl (C=O) groups excluding carboxylic acids is 1. The van der Waals surface area contributed by atoms with E-state index in [9.17, 15) is 9.90 Å². The van der Waals surface area contributed by atoms with Gasteiger partial charge in [0.15, 0.2) is 0 Å². The van der Waals surface area contributed by atoms with Crippen molar-refractivity contribution in [2.24, 2.45) is 11.8 Å². The van der Waals surface area contributed by atoms with Gasteiger partial charge < -0.3 is 15.3 Å². The van der Waals surface area contributed by atoms with Crippen molar-refractivity contribution in [2.45, 2.75) is 89.1 Å². The molecule has 0 aromatic rings. The van der Waals surface area contributed by atoms with Gasteiger partial charge in [-0.15, -0.1) is 0 Å². The average Bonchev–Trinajstić information content (AvgIpc) is 2.69. The Kier molecular flexibility index (Phi) is 7.18. The molecular formula is C21H38N2O2. The summed E-state index contributed by atoms with van der Waals surface area (Å²) in [7, 11) is 0. The maximum absolute atomic E-state index is 13.1. The summed E-state index contributed by atoms with van der Waals surface area (Å²) in [5, 5.41) is 14.8. The first kappa shape index (κ1) is 19.2. The standard InChI is InChI=1S/C21H38N2O2/c24-20(22-14-17-23-15-8-3-9-16-23)21(25,18-10-4-1-5-11-18)19-12-6-2-7-13-19/h18-19,25H,1-17H2,(H,22,24). The molecule has 2 N–H and O–H groups in total. The highest BCUT2D eigenvalue weighted by atomic mass is 16.3. The number of nitrogens with one attached hydrogen (secondary N) is 1. The Morgan fingerprint density at radius 2 is 1.32 bits per heavy atom. The predicted octanol–water partition coefficient (Wildman–Crippen LogP) is 3.48. The van der Waals surface area contributed by atoms with Crippen molar-refractivity contribution in [1.29, 1.82) is 0 Å². The van der Waals surface area contributed by atoms with Crippen LogP contribution < -0.4 is 5.32 Å². The zero-order chi connectivity index (χ0) is 17.5. The summed E-state index contributed by atoms with van der Waals surface area (Å²) < 4.78 is 0. The Bertz CT molecular complexity index is 390. The summed E-state index contributed by atoms with van der Waals surface area (Å²) in [5.74, 6) is 0.266. The van der Waals surface area contributed by atoms with Crippen molar-refractivity contribution in [1.82, 2.24) is 10.2 Å². The van der Waals surface area contributed by atoms with Gasteiger partial charge in [0.2, 0.25) is 0 Å². The lowest BCUT2D eigenvalue weighted by Crippen LogP contribution is -2.58. The maximum Gasteiger partial charge on any atom is 0.252 e. The minimum absolute atomic E-state index is 0.0664. The lowest BCUT2D eigenvalue weighted by molar-refractivity contribution is -0.159. The van der Waals surface area contributed by atoms with Gasteiger partial charge >= 0.3 is 0 Å². The first-order chi connectivity index (χ1) is 12.2. The topological polar surface area (TPSA) is 52.6 Å². The summed E-state index contributed by atoms with van der Waals surface area (Å²) in [4.78, 5) is 15.6. The van der Waals surface area contributed by atoms with Crippen LogP contribution in [0.15, 0.2) is 0 Å². The van der Waals surface area contributed by atoms with Gasteiger partial charge in [-0.25, -0.2) is 0 Å². The molecule has 3 rings (SSSR count). The lowest BCUT2D eigenvalue weighted by atomic mass is 9.66. The van der Waals surface area contributed by atoms with Crippen LogP contribution in [-0.2, 0) is 4.79 Å². The third-order valence-corrected chi connectivity index (χ3v) is 6.98. The smallest absolute Gasteiger partial charge is 0.252 e. The van der Waals surface area contributed by atoms with Crippen LogP contribution in [0.3, 0.4) is 0 Å². The Balaban J connectivity index is 1.59. The van der Waals surface area contributed by atoms with Gasteiger partial charge in [0.25, 0.3) is 5.91 Å². The van der Waals surface area contributed by atoms with Gasteiger partial charge in [0.1, 0.15) is 5.60 Å². The molecule has 1 heterocycles. The van der Waals surface area contributed by atoms with Crippen LogP contribution in [0.1, 0.15) is 83.5 Å². The van der Waals surface area contributed by atoms with E-state index in [1.807, 2.05) is 0 Å². The molecule has 3 fully saturated rings. The number of aliphatic hydroxyl groups is 1. The Labute approximate surface area is 153 Å². The molecular weight excluding hydrogens is 312 g/mol. The quantitative estimate of drug-likeness (QED) is 0.771. The Morgan fingerprint density at radius 3 is 1.84 bits per heavy atom.